The number of nitrogens with zero attached hydrogens (tertiary/aromatic N) is 1. The minimum absolute atomic E-state index is 0.0712. The number of carbonyl (C=O) groups excluding carboxylic acids is 1. The lowest BCUT2D eigenvalue weighted by molar-refractivity contribution is 0.229. The maximum atomic E-state index is 12.0. The molecule has 0 aromatic carbocycles. The monoisotopic (exact) mass is 375 g/mol. The van der Waals surface area contributed by atoms with Crippen LogP contribution in [-0.4, -0.2) is 44.2 Å². The first kappa shape index (κ1) is 18.5. The second-order valence-corrected chi connectivity index (χ2v) is 8.49. The molecule has 0 aliphatic heterocycles. The van der Waals surface area contributed by atoms with Crippen LogP contribution < -0.4 is 10.6 Å². The van der Waals surface area contributed by atoms with E-state index in [0.29, 0.717) is 12.5 Å². The Bertz CT molecular complexity index is 424. The van der Waals surface area contributed by atoms with E-state index in [-0.39, 0.29) is 12.1 Å². The highest BCUT2D eigenvalue weighted by Gasteiger charge is 2.14. The summed E-state index contributed by atoms with van der Waals surface area (Å²) in [5.41, 5.74) is 0. The van der Waals surface area contributed by atoms with Gasteiger partial charge in [-0.3, -0.25) is 0 Å². The zero-order chi connectivity index (χ0) is 15.8. The molecule has 0 radical (unpaired) electrons. The van der Waals surface area contributed by atoms with E-state index in [4.69, 9.17) is 0 Å². The Labute approximate surface area is 140 Å². The maximum Gasteiger partial charge on any atom is 0.315 e. The molecule has 0 spiro atoms. The molecule has 1 aromatic rings. The quantitative estimate of drug-likeness (QED) is 0.731. The van der Waals surface area contributed by atoms with E-state index >= 15 is 0 Å². The third kappa shape index (κ3) is 8.44. The van der Waals surface area contributed by atoms with Gasteiger partial charge >= 0.3 is 6.03 Å². The van der Waals surface area contributed by atoms with Crippen molar-refractivity contribution in [3.8, 4) is 0 Å². The number of likely N-dealkylation sites (N-methyl/N-ethyl adjacent to an activating group) is 1. The van der Waals surface area contributed by atoms with Crippen LogP contribution in [0.1, 0.15) is 25.1 Å². The van der Waals surface area contributed by atoms with Crippen LogP contribution in [0.25, 0.3) is 0 Å². The summed E-state index contributed by atoms with van der Waals surface area (Å²) in [5.74, 6) is 0.568. The average molecular weight is 376 g/mol. The van der Waals surface area contributed by atoms with Crippen molar-refractivity contribution < 1.29 is 4.79 Å². The summed E-state index contributed by atoms with van der Waals surface area (Å²) in [6.45, 7) is 5.88. The van der Waals surface area contributed by atoms with Gasteiger partial charge in [0.25, 0.3) is 0 Å². The molecule has 1 rings (SSSR count). The van der Waals surface area contributed by atoms with Crippen LogP contribution in [0.3, 0.4) is 0 Å². The van der Waals surface area contributed by atoms with Gasteiger partial charge in [-0.1, -0.05) is 13.8 Å². The Hall–Kier alpha value is -0.590. The highest BCUT2D eigenvalue weighted by molar-refractivity contribution is 9.11. The zero-order valence-corrected chi connectivity index (χ0v) is 15.7. The smallest absolute Gasteiger partial charge is 0.315 e. The molecule has 1 unspecified atom stereocenters. The van der Waals surface area contributed by atoms with Gasteiger partial charge in [0.15, 0.2) is 0 Å². The van der Waals surface area contributed by atoms with E-state index in [2.05, 4.69) is 51.4 Å². The summed E-state index contributed by atoms with van der Waals surface area (Å²) in [6, 6.07) is 4.24. The molecular weight excluding hydrogens is 350 g/mol. The van der Waals surface area contributed by atoms with Gasteiger partial charge in [0.2, 0.25) is 0 Å². The highest BCUT2D eigenvalue weighted by atomic mass is 79.9. The third-order valence-electron chi connectivity index (χ3n) is 2.96. The Balaban J connectivity index is 2.32. The lowest BCUT2D eigenvalue weighted by atomic mass is 10.0. The summed E-state index contributed by atoms with van der Waals surface area (Å²) in [7, 11) is 4.06. The van der Waals surface area contributed by atoms with Crippen molar-refractivity contribution in [1.82, 2.24) is 15.5 Å². The summed E-state index contributed by atoms with van der Waals surface area (Å²) < 4.78 is 1.13. The van der Waals surface area contributed by atoms with Gasteiger partial charge in [0, 0.05) is 24.0 Å². The number of halogens is 1. The number of urea groups is 1. The van der Waals surface area contributed by atoms with Crippen molar-refractivity contribution in [2.75, 3.05) is 27.2 Å². The number of rotatable bonds is 8. The van der Waals surface area contributed by atoms with Gasteiger partial charge in [-0.2, -0.15) is 0 Å². The average Bonchev–Trinajstić information content (AvgIpc) is 2.73. The topological polar surface area (TPSA) is 44.4 Å². The van der Waals surface area contributed by atoms with Crippen LogP contribution in [0, 0.1) is 5.92 Å². The molecule has 120 valence electrons. The van der Waals surface area contributed by atoms with E-state index in [9.17, 15) is 4.79 Å². The molecule has 0 aliphatic carbocycles. The second kappa shape index (κ2) is 9.43. The van der Waals surface area contributed by atoms with E-state index in [1.165, 1.54) is 4.88 Å². The predicted molar refractivity (Wildman–Crippen MR) is 94.1 cm³/mol. The summed E-state index contributed by atoms with van der Waals surface area (Å²) in [5, 5.41) is 6.01. The first-order valence-electron chi connectivity index (χ1n) is 7.30. The number of hydrogen-bond acceptors (Lipinski definition) is 3. The van der Waals surface area contributed by atoms with Crippen molar-refractivity contribution in [1.29, 1.82) is 0 Å². The molecular formula is C15H26BrN3OS. The van der Waals surface area contributed by atoms with Crippen LogP contribution in [0.2, 0.25) is 0 Å². The molecule has 4 nitrogen and oxygen atoms in total. The predicted octanol–water partition coefficient (Wildman–Crippen LogP) is 3.33. The van der Waals surface area contributed by atoms with Gasteiger partial charge in [-0.05, 0) is 60.9 Å². The van der Waals surface area contributed by atoms with E-state index < -0.39 is 0 Å². The molecule has 0 saturated carbocycles. The fraction of sp³-hybridized carbons (Fsp3) is 0.667. The Kier molecular flexibility index (Phi) is 8.29. The summed E-state index contributed by atoms with van der Waals surface area (Å²) >= 11 is 5.15. The van der Waals surface area contributed by atoms with Crippen molar-refractivity contribution >= 4 is 33.3 Å². The van der Waals surface area contributed by atoms with Crippen LogP contribution in [-0.2, 0) is 6.42 Å². The lowest BCUT2D eigenvalue weighted by Gasteiger charge is -2.24. The zero-order valence-electron chi connectivity index (χ0n) is 13.3. The number of amides is 2. The van der Waals surface area contributed by atoms with E-state index in [1.807, 2.05) is 20.2 Å². The van der Waals surface area contributed by atoms with Crippen LogP contribution in [0.4, 0.5) is 4.79 Å². The first-order chi connectivity index (χ1) is 9.86. The Morgan fingerprint density at radius 1 is 1.38 bits per heavy atom. The second-order valence-electron chi connectivity index (χ2n) is 5.94. The van der Waals surface area contributed by atoms with Gasteiger partial charge in [-0.25, -0.2) is 4.79 Å². The van der Waals surface area contributed by atoms with Crippen molar-refractivity contribution in [2.45, 2.75) is 32.7 Å². The fourth-order valence-corrected chi connectivity index (χ4v) is 3.69. The number of carbonyl (C=O) groups is 1. The molecule has 0 aliphatic rings. The first-order valence-corrected chi connectivity index (χ1v) is 8.91. The molecule has 1 aromatic heterocycles. The van der Waals surface area contributed by atoms with Crippen LogP contribution in [0.5, 0.6) is 0 Å². The number of hydrogen-bond donors (Lipinski definition) is 2. The SMILES string of the molecule is CC(C)CC(CN(C)C)NC(=O)NCCc1ccc(Br)s1. The summed E-state index contributed by atoms with van der Waals surface area (Å²) in [4.78, 5) is 15.3. The van der Waals surface area contributed by atoms with Gasteiger partial charge in [0.05, 0.1) is 3.79 Å². The molecule has 6 heteroatoms. The molecule has 2 N–H and O–H groups in total. The standard InChI is InChI=1S/C15H26BrN3OS/c1-11(2)9-12(10-19(3)4)18-15(20)17-8-7-13-5-6-14(16)21-13/h5-6,11-12H,7-10H2,1-4H3,(H2,17,18,20). The van der Waals surface area contributed by atoms with E-state index in [1.54, 1.807) is 11.3 Å². The molecule has 0 bridgehead atoms. The highest BCUT2D eigenvalue weighted by Crippen LogP contribution is 2.21. The molecule has 21 heavy (non-hydrogen) atoms. The maximum absolute atomic E-state index is 12.0. The molecule has 1 atom stereocenters. The number of nitrogens with one attached hydrogen (secondary N) is 2. The van der Waals surface area contributed by atoms with Crippen molar-refractivity contribution in [3.05, 3.63) is 20.8 Å². The van der Waals surface area contributed by atoms with E-state index in [0.717, 1.165) is 23.2 Å². The van der Waals surface area contributed by atoms with Crippen LogP contribution in [0.15, 0.2) is 15.9 Å². The fourth-order valence-electron chi connectivity index (χ4n) is 2.21. The minimum atomic E-state index is -0.0712. The largest absolute Gasteiger partial charge is 0.338 e. The Morgan fingerprint density at radius 3 is 2.62 bits per heavy atom. The normalized spacial score (nSPS) is 12.7. The minimum Gasteiger partial charge on any atom is -0.338 e. The molecule has 0 saturated heterocycles. The van der Waals surface area contributed by atoms with Gasteiger partial charge in [-0.15, -0.1) is 11.3 Å². The van der Waals surface area contributed by atoms with Gasteiger partial charge < -0.3 is 15.5 Å². The van der Waals surface area contributed by atoms with Crippen molar-refractivity contribution in [2.24, 2.45) is 5.92 Å². The van der Waals surface area contributed by atoms with Crippen LogP contribution >= 0.6 is 27.3 Å². The third-order valence-corrected chi connectivity index (χ3v) is 4.65. The summed E-state index contributed by atoms with van der Waals surface area (Å²) in [6.07, 6.45) is 1.86. The Morgan fingerprint density at radius 2 is 2.10 bits per heavy atom. The van der Waals surface area contributed by atoms with Gasteiger partial charge in [0.1, 0.15) is 0 Å². The number of thiophene rings is 1. The molecule has 2 amide bonds. The lowest BCUT2D eigenvalue weighted by Crippen LogP contribution is -2.47. The van der Waals surface area contributed by atoms with Crippen molar-refractivity contribution in [3.63, 3.8) is 0 Å². The molecule has 1 heterocycles. The molecule has 0 fully saturated rings.